The Kier molecular flexibility index (Phi) is 7.15. The number of nitrogens with zero attached hydrogens (tertiary/aromatic N) is 2. The standard InChI is InChI=1S/C21H21ClF3N3O3S/c1-5-11-6-12-7-13(8-14(22)17(12)26-10-11)30-19(32-4)18(29)27-20(2,3)15-9-16(31-28-15)21(23,24)25/h1,6-8,10,16,18-19,27,29H,9H2,2-4H3. The third kappa shape index (κ3) is 5.41. The van der Waals surface area contributed by atoms with E-state index in [0.29, 0.717) is 27.2 Å². The van der Waals surface area contributed by atoms with Gasteiger partial charge in [0.25, 0.3) is 0 Å². The molecule has 0 amide bonds. The minimum absolute atomic E-state index is 0.139. The predicted molar refractivity (Wildman–Crippen MR) is 119 cm³/mol. The Morgan fingerprint density at radius 1 is 1.38 bits per heavy atom. The molecule has 11 heteroatoms. The molecule has 172 valence electrons. The van der Waals surface area contributed by atoms with Crippen LogP contribution in [0.2, 0.25) is 5.02 Å². The number of pyridine rings is 1. The molecule has 2 heterocycles. The molecule has 3 rings (SSSR count). The second-order valence-corrected chi connectivity index (χ2v) is 9.00. The first-order valence-corrected chi connectivity index (χ1v) is 11.1. The second kappa shape index (κ2) is 9.35. The number of terminal acetylenes is 1. The number of oxime groups is 1. The topological polar surface area (TPSA) is 76.0 Å². The molecule has 2 aromatic rings. The minimum atomic E-state index is -4.52. The third-order valence-electron chi connectivity index (χ3n) is 4.88. The molecular weight excluding hydrogens is 467 g/mol. The lowest BCUT2D eigenvalue weighted by molar-refractivity contribution is -0.212. The van der Waals surface area contributed by atoms with E-state index in [1.807, 2.05) is 0 Å². The van der Waals surface area contributed by atoms with Crippen molar-refractivity contribution in [2.24, 2.45) is 5.16 Å². The van der Waals surface area contributed by atoms with Crippen molar-refractivity contribution in [1.29, 1.82) is 0 Å². The normalized spacial score (nSPS) is 18.6. The summed E-state index contributed by atoms with van der Waals surface area (Å²) in [5.41, 5.74) is -0.624. The van der Waals surface area contributed by atoms with Crippen LogP contribution in [0.3, 0.4) is 0 Å². The van der Waals surface area contributed by atoms with Crippen LogP contribution in [0.15, 0.2) is 29.6 Å². The molecular formula is C21H21ClF3N3O3S. The molecule has 1 aliphatic rings. The fourth-order valence-corrected chi connectivity index (χ4v) is 3.94. The summed E-state index contributed by atoms with van der Waals surface area (Å²) in [7, 11) is 0. The molecule has 1 aromatic heterocycles. The van der Waals surface area contributed by atoms with E-state index in [4.69, 9.17) is 22.8 Å². The van der Waals surface area contributed by atoms with Gasteiger partial charge in [-0.1, -0.05) is 22.7 Å². The molecule has 2 N–H and O–H groups in total. The van der Waals surface area contributed by atoms with E-state index in [-0.39, 0.29) is 5.71 Å². The minimum Gasteiger partial charge on any atom is -0.476 e. The molecule has 32 heavy (non-hydrogen) atoms. The number of aliphatic hydroxyl groups excluding tert-OH is 1. The van der Waals surface area contributed by atoms with E-state index in [0.717, 1.165) is 0 Å². The second-order valence-electron chi connectivity index (χ2n) is 7.66. The van der Waals surface area contributed by atoms with Crippen LogP contribution in [0, 0.1) is 12.3 Å². The lowest BCUT2D eigenvalue weighted by atomic mass is 9.94. The molecule has 0 fully saturated rings. The van der Waals surface area contributed by atoms with Crippen molar-refractivity contribution >= 4 is 40.0 Å². The number of aliphatic hydroxyl groups is 1. The number of halogens is 4. The van der Waals surface area contributed by atoms with Crippen molar-refractivity contribution in [2.75, 3.05) is 6.26 Å². The predicted octanol–water partition coefficient (Wildman–Crippen LogP) is 4.33. The number of benzene rings is 1. The Hall–Kier alpha value is -2.19. The summed E-state index contributed by atoms with van der Waals surface area (Å²) in [6.07, 6.45) is 0.486. The first kappa shape index (κ1) is 24.5. The fraction of sp³-hybridized carbons (Fsp3) is 0.429. The number of fused-ring (bicyclic) bond motifs is 1. The van der Waals surface area contributed by atoms with Crippen molar-refractivity contribution < 1.29 is 27.9 Å². The van der Waals surface area contributed by atoms with E-state index in [1.54, 1.807) is 38.3 Å². The summed E-state index contributed by atoms with van der Waals surface area (Å²) in [6, 6.07) is 5.00. The maximum atomic E-state index is 12.9. The number of thioether (sulfide) groups is 1. The van der Waals surface area contributed by atoms with E-state index >= 15 is 0 Å². The smallest absolute Gasteiger partial charge is 0.428 e. The summed E-state index contributed by atoms with van der Waals surface area (Å²) in [4.78, 5) is 8.76. The maximum absolute atomic E-state index is 12.9. The Morgan fingerprint density at radius 3 is 2.69 bits per heavy atom. The molecule has 3 unspecified atom stereocenters. The van der Waals surface area contributed by atoms with Gasteiger partial charge in [-0.15, -0.1) is 18.2 Å². The molecule has 3 atom stereocenters. The van der Waals surface area contributed by atoms with Gasteiger partial charge in [-0.3, -0.25) is 10.3 Å². The Morgan fingerprint density at radius 2 is 2.09 bits per heavy atom. The zero-order valence-electron chi connectivity index (χ0n) is 17.4. The van der Waals surface area contributed by atoms with Gasteiger partial charge in [-0.2, -0.15) is 13.2 Å². The van der Waals surface area contributed by atoms with Gasteiger partial charge in [-0.05, 0) is 32.2 Å². The lowest BCUT2D eigenvalue weighted by Gasteiger charge is -2.32. The highest BCUT2D eigenvalue weighted by atomic mass is 35.5. The quantitative estimate of drug-likeness (QED) is 0.447. The third-order valence-corrected chi connectivity index (χ3v) is 5.99. The SMILES string of the molecule is C#Cc1cnc2c(Cl)cc(OC(SC)C(O)NC(C)(C)C3=NOC(C(F)(F)F)C3)cc2c1. The number of rotatable bonds is 7. The van der Waals surface area contributed by atoms with Gasteiger partial charge in [0.1, 0.15) is 5.75 Å². The summed E-state index contributed by atoms with van der Waals surface area (Å²) < 4.78 is 44.6. The highest BCUT2D eigenvalue weighted by Gasteiger charge is 2.48. The number of nitrogens with one attached hydrogen (secondary N) is 1. The average molecular weight is 488 g/mol. The Labute approximate surface area is 192 Å². The summed E-state index contributed by atoms with van der Waals surface area (Å²) in [6.45, 7) is 3.21. The number of ether oxygens (including phenoxy) is 1. The van der Waals surface area contributed by atoms with Crippen LogP contribution < -0.4 is 10.1 Å². The van der Waals surface area contributed by atoms with Gasteiger partial charge >= 0.3 is 6.18 Å². The van der Waals surface area contributed by atoms with E-state index in [9.17, 15) is 18.3 Å². The highest BCUT2D eigenvalue weighted by molar-refractivity contribution is 7.99. The van der Waals surface area contributed by atoms with Crippen molar-refractivity contribution in [3.63, 3.8) is 0 Å². The largest absolute Gasteiger partial charge is 0.476 e. The van der Waals surface area contributed by atoms with Crippen molar-refractivity contribution in [3.8, 4) is 18.1 Å². The number of aromatic nitrogens is 1. The maximum Gasteiger partial charge on any atom is 0.428 e. The summed E-state index contributed by atoms with van der Waals surface area (Å²) in [5, 5.41) is 18.2. The van der Waals surface area contributed by atoms with Gasteiger partial charge in [0.05, 0.1) is 21.8 Å². The molecule has 0 radical (unpaired) electrons. The van der Waals surface area contributed by atoms with Gasteiger partial charge in [0.2, 0.25) is 6.10 Å². The molecule has 1 aromatic carbocycles. The van der Waals surface area contributed by atoms with Crippen molar-refractivity contribution in [2.45, 2.75) is 49.8 Å². The summed E-state index contributed by atoms with van der Waals surface area (Å²) in [5.74, 6) is 2.87. The van der Waals surface area contributed by atoms with Crippen LogP contribution >= 0.6 is 23.4 Å². The van der Waals surface area contributed by atoms with Crippen LogP contribution in [0.5, 0.6) is 5.75 Å². The van der Waals surface area contributed by atoms with Crippen LogP contribution in [-0.2, 0) is 4.84 Å². The van der Waals surface area contributed by atoms with E-state index in [1.165, 1.54) is 18.0 Å². The van der Waals surface area contributed by atoms with Crippen LogP contribution in [0.25, 0.3) is 10.9 Å². The Balaban J connectivity index is 1.74. The van der Waals surface area contributed by atoms with E-state index < -0.39 is 35.9 Å². The van der Waals surface area contributed by atoms with E-state index in [2.05, 4.69) is 26.2 Å². The molecule has 0 aliphatic carbocycles. The molecule has 0 saturated carbocycles. The van der Waals surface area contributed by atoms with Crippen LogP contribution in [0.4, 0.5) is 13.2 Å². The first-order chi connectivity index (χ1) is 14.9. The number of hydrogen-bond donors (Lipinski definition) is 2. The number of alkyl halides is 3. The molecule has 0 bridgehead atoms. The van der Waals surface area contributed by atoms with Gasteiger partial charge < -0.3 is 14.7 Å². The van der Waals surface area contributed by atoms with Crippen molar-refractivity contribution in [3.05, 3.63) is 35.0 Å². The fourth-order valence-electron chi connectivity index (χ4n) is 3.15. The van der Waals surface area contributed by atoms with Gasteiger partial charge in [-0.25, -0.2) is 0 Å². The summed E-state index contributed by atoms with van der Waals surface area (Å²) >= 11 is 7.51. The zero-order valence-corrected chi connectivity index (χ0v) is 19.0. The molecule has 6 nitrogen and oxygen atoms in total. The Bertz CT molecular complexity index is 1070. The van der Waals surface area contributed by atoms with Crippen LogP contribution in [-0.4, -0.2) is 51.5 Å². The lowest BCUT2D eigenvalue weighted by Crippen LogP contribution is -2.55. The highest BCUT2D eigenvalue weighted by Crippen LogP contribution is 2.33. The van der Waals surface area contributed by atoms with Gasteiger partial charge in [0, 0.05) is 29.6 Å². The average Bonchev–Trinajstić information content (AvgIpc) is 3.23. The van der Waals surface area contributed by atoms with Gasteiger partial charge in [0.15, 0.2) is 11.7 Å². The first-order valence-electron chi connectivity index (χ1n) is 9.45. The molecule has 0 spiro atoms. The molecule has 0 saturated heterocycles. The van der Waals surface area contributed by atoms with Crippen LogP contribution in [0.1, 0.15) is 25.8 Å². The molecule has 1 aliphatic heterocycles. The number of hydrogen-bond acceptors (Lipinski definition) is 7. The monoisotopic (exact) mass is 487 g/mol. The van der Waals surface area contributed by atoms with Crippen molar-refractivity contribution in [1.82, 2.24) is 10.3 Å². The zero-order chi connectivity index (χ0) is 23.7.